The number of hydrogen-bond donors (Lipinski definition) is 0. The van der Waals surface area contributed by atoms with Crippen molar-refractivity contribution >= 4 is 21.7 Å². The molecule has 0 bridgehead atoms. The van der Waals surface area contributed by atoms with E-state index in [1.165, 1.54) is 24.3 Å². The van der Waals surface area contributed by atoms with Gasteiger partial charge in [0.2, 0.25) is 0 Å². The third-order valence-electron chi connectivity index (χ3n) is 2.89. The van der Waals surface area contributed by atoms with Gasteiger partial charge in [-0.1, -0.05) is 6.07 Å². The van der Waals surface area contributed by atoms with E-state index in [1.807, 2.05) is 12.1 Å². The quantitative estimate of drug-likeness (QED) is 0.729. The number of carbonyl (C=O) groups excluding carboxylic acids is 1. The molecule has 0 aliphatic carbocycles. The Morgan fingerprint density at radius 1 is 1.19 bits per heavy atom. The second-order valence-electron chi connectivity index (χ2n) is 4.30. The van der Waals surface area contributed by atoms with Crippen molar-refractivity contribution in [3.8, 4) is 11.5 Å². The van der Waals surface area contributed by atoms with Crippen molar-refractivity contribution in [1.29, 1.82) is 0 Å². The fourth-order valence-corrected chi connectivity index (χ4v) is 2.28. The molecule has 0 heterocycles. The standard InChI is InChI=1S/C16H14BrFO3/c1-20-15-4-2-3-13(17)16(15)21-10-9-14(19)11-5-7-12(18)8-6-11/h2-8H,9-10H2,1H3. The zero-order chi connectivity index (χ0) is 15.2. The first-order valence-electron chi connectivity index (χ1n) is 6.36. The van der Waals surface area contributed by atoms with Crippen LogP contribution in [-0.4, -0.2) is 19.5 Å². The summed E-state index contributed by atoms with van der Waals surface area (Å²) in [5, 5.41) is 0. The van der Waals surface area contributed by atoms with Crippen molar-refractivity contribution < 1.29 is 18.7 Å². The van der Waals surface area contributed by atoms with E-state index in [9.17, 15) is 9.18 Å². The van der Waals surface area contributed by atoms with Gasteiger partial charge < -0.3 is 9.47 Å². The van der Waals surface area contributed by atoms with Crippen molar-refractivity contribution in [3.63, 3.8) is 0 Å². The van der Waals surface area contributed by atoms with E-state index in [4.69, 9.17) is 9.47 Å². The van der Waals surface area contributed by atoms with Crippen LogP contribution in [0.5, 0.6) is 11.5 Å². The smallest absolute Gasteiger partial charge is 0.175 e. The molecule has 0 unspecified atom stereocenters. The molecular formula is C16H14BrFO3. The van der Waals surface area contributed by atoms with E-state index >= 15 is 0 Å². The van der Waals surface area contributed by atoms with Gasteiger partial charge in [-0.05, 0) is 52.3 Å². The summed E-state index contributed by atoms with van der Waals surface area (Å²) < 4.78 is 24.4. The van der Waals surface area contributed by atoms with Crippen LogP contribution in [-0.2, 0) is 0 Å². The van der Waals surface area contributed by atoms with Gasteiger partial charge in [-0.2, -0.15) is 0 Å². The van der Waals surface area contributed by atoms with Gasteiger partial charge in [0.15, 0.2) is 17.3 Å². The van der Waals surface area contributed by atoms with Crippen molar-refractivity contribution in [1.82, 2.24) is 0 Å². The predicted molar refractivity (Wildman–Crippen MR) is 81.5 cm³/mol. The third kappa shape index (κ3) is 4.04. The molecule has 110 valence electrons. The van der Waals surface area contributed by atoms with Crippen LogP contribution in [0.15, 0.2) is 46.9 Å². The van der Waals surface area contributed by atoms with Gasteiger partial charge in [-0.25, -0.2) is 4.39 Å². The Kier molecular flexibility index (Phi) is 5.33. The van der Waals surface area contributed by atoms with Crippen LogP contribution in [0.2, 0.25) is 0 Å². The van der Waals surface area contributed by atoms with Gasteiger partial charge in [-0.15, -0.1) is 0 Å². The molecule has 0 fully saturated rings. The van der Waals surface area contributed by atoms with Crippen LogP contribution < -0.4 is 9.47 Å². The van der Waals surface area contributed by atoms with Crippen LogP contribution in [0.4, 0.5) is 4.39 Å². The van der Waals surface area contributed by atoms with E-state index in [-0.39, 0.29) is 24.6 Å². The number of ketones is 1. The molecule has 0 aliphatic heterocycles. The molecule has 0 aromatic heterocycles. The second-order valence-corrected chi connectivity index (χ2v) is 5.15. The van der Waals surface area contributed by atoms with Crippen LogP contribution in [0.1, 0.15) is 16.8 Å². The van der Waals surface area contributed by atoms with Crippen LogP contribution in [0.25, 0.3) is 0 Å². The summed E-state index contributed by atoms with van der Waals surface area (Å²) in [6.45, 7) is 0.217. The lowest BCUT2D eigenvalue weighted by molar-refractivity contribution is 0.0961. The summed E-state index contributed by atoms with van der Waals surface area (Å²) in [7, 11) is 1.55. The number of Topliss-reactive ketones (excluding diaryl/α,β-unsaturated/α-hetero) is 1. The SMILES string of the molecule is COc1cccc(Br)c1OCCC(=O)c1ccc(F)cc1. The van der Waals surface area contributed by atoms with Crippen molar-refractivity contribution in [3.05, 3.63) is 58.3 Å². The number of benzene rings is 2. The maximum atomic E-state index is 12.8. The normalized spacial score (nSPS) is 10.2. The van der Waals surface area contributed by atoms with Gasteiger partial charge in [0, 0.05) is 12.0 Å². The highest BCUT2D eigenvalue weighted by atomic mass is 79.9. The molecular weight excluding hydrogens is 339 g/mol. The summed E-state index contributed by atoms with van der Waals surface area (Å²) in [4.78, 5) is 11.9. The fraction of sp³-hybridized carbons (Fsp3) is 0.188. The molecule has 2 rings (SSSR count). The number of methoxy groups -OCH3 is 1. The molecule has 0 amide bonds. The van der Waals surface area contributed by atoms with E-state index in [0.29, 0.717) is 17.1 Å². The van der Waals surface area contributed by atoms with Crippen molar-refractivity contribution in [2.45, 2.75) is 6.42 Å². The number of hydrogen-bond acceptors (Lipinski definition) is 3. The van der Waals surface area contributed by atoms with Crippen LogP contribution in [0, 0.1) is 5.82 Å². The summed E-state index contributed by atoms with van der Waals surface area (Å²) in [6.07, 6.45) is 0.204. The largest absolute Gasteiger partial charge is 0.493 e. The van der Waals surface area contributed by atoms with Gasteiger partial charge in [0.05, 0.1) is 18.2 Å². The van der Waals surface area contributed by atoms with Crippen LogP contribution >= 0.6 is 15.9 Å². The molecule has 0 atom stereocenters. The van der Waals surface area contributed by atoms with E-state index in [1.54, 1.807) is 13.2 Å². The first kappa shape index (κ1) is 15.5. The molecule has 2 aromatic rings. The highest BCUT2D eigenvalue weighted by Gasteiger charge is 2.10. The molecule has 3 nitrogen and oxygen atoms in total. The Bertz CT molecular complexity index is 626. The van der Waals surface area contributed by atoms with Gasteiger partial charge in [0.1, 0.15) is 5.82 Å². The molecule has 0 spiro atoms. The van der Waals surface area contributed by atoms with Crippen LogP contribution in [0.3, 0.4) is 0 Å². The van der Waals surface area contributed by atoms with E-state index in [2.05, 4.69) is 15.9 Å². The lowest BCUT2D eigenvalue weighted by atomic mass is 10.1. The minimum atomic E-state index is -0.360. The average Bonchev–Trinajstić information content (AvgIpc) is 2.49. The van der Waals surface area contributed by atoms with E-state index in [0.717, 1.165) is 4.47 Å². The molecule has 2 aromatic carbocycles. The molecule has 0 saturated heterocycles. The maximum absolute atomic E-state index is 12.8. The molecule has 5 heteroatoms. The second kappa shape index (κ2) is 7.22. The molecule has 21 heavy (non-hydrogen) atoms. The lowest BCUT2D eigenvalue weighted by Gasteiger charge is -2.11. The first-order valence-corrected chi connectivity index (χ1v) is 7.15. The number of carbonyl (C=O) groups is 1. The number of halogens is 2. The molecule has 0 saturated carbocycles. The molecule has 0 N–H and O–H groups in total. The number of para-hydroxylation sites is 1. The van der Waals surface area contributed by atoms with Gasteiger partial charge in [-0.3, -0.25) is 4.79 Å². The zero-order valence-electron chi connectivity index (χ0n) is 11.4. The van der Waals surface area contributed by atoms with Crippen molar-refractivity contribution in [2.24, 2.45) is 0 Å². The summed E-state index contributed by atoms with van der Waals surface area (Å²) >= 11 is 3.38. The summed E-state index contributed by atoms with van der Waals surface area (Å²) in [5.74, 6) is 0.701. The Balaban J connectivity index is 1.95. The maximum Gasteiger partial charge on any atom is 0.175 e. The van der Waals surface area contributed by atoms with E-state index < -0.39 is 0 Å². The van der Waals surface area contributed by atoms with Gasteiger partial charge in [0.25, 0.3) is 0 Å². The Labute approximate surface area is 130 Å². The zero-order valence-corrected chi connectivity index (χ0v) is 13.0. The average molecular weight is 353 g/mol. The highest BCUT2D eigenvalue weighted by molar-refractivity contribution is 9.10. The molecule has 0 radical (unpaired) electrons. The summed E-state index contributed by atoms with van der Waals surface area (Å²) in [6, 6.07) is 10.9. The molecule has 0 aliphatic rings. The van der Waals surface area contributed by atoms with Crippen molar-refractivity contribution in [2.75, 3.05) is 13.7 Å². The topological polar surface area (TPSA) is 35.5 Å². The highest BCUT2D eigenvalue weighted by Crippen LogP contribution is 2.34. The Morgan fingerprint density at radius 3 is 2.57 bits per heavy atom. The minimum Gasteiger partial charge on any atom is -0.493 e. The monoisotopic (exact) mass is 352 g/mol. The lowest BCUT2D eigenvalue weighted by Crippen LogP contribution is -2.07. The fourth-order valence-electron chi connectivity index (χ4n) is 1.82. The third-order valence-corrected chi connectivity index (χ3v) is 3.52. The Morgan fingerprint density at radius 2 is 1.90 bits per heavy atom. The minimum absolute atomic E-state index is 0.0963. The Hall–Kier alpha value is -1.88. The van der Waals surface area contributed by atoms with Gasteiger partial charge >= 0.3 is 0 Å². The first-order chi connectivity index (χ1) is 10.1. The predicted octanol–water partition coefficient (Wildman–Crippen LogP) is 4.25. The summed E-state index contributed by atoms with van der Waals surface area (Å²) in [5.41, 5.74) is 0.471. The number of ether oxygens (including phenoxy) is 2. The number of rotatable bonds is 6.